The summed E-state index contributed by atoms with van der Waals surface area (Å²) >= 11 is 0. The van der Waals surface area contributed by atoms with Crippen LogP contribution in [-0.2, 0) is 0 Å². The molecular weight excluding hydrogens is 402 g/mol. The second-order valence-electron chi connectivity index (χ2n) is 7.92. The zero-order valence-electron chi connectivity index (χ0n) is 18.7. The van der Waals surface area contributed by atoms with E-state index in [-0.39, 0.29) is 25.0 Å². The van der Waals surface area contributed by atoms with Gasteiger partial charge in [0.1, 0.15) is 0 Å². The van der Waals surface area contributed by atoms with E-state index in [4.69, 9.17) is 5.11 Å². The van der Waals surface area contributed by atoms with Gasteiger partial charge in [0.25, 0.3) is 5.91 Å². The Morgan fingerprint density at radius 1 is 1.06 bits per heavy atom. The summed E-state index contributed by atoms with van der Waals surface area (Å²) < 4.78 is 0. The monoisotopic (exact) mass is 431 g/mol. The van der Waals surface area contributed by atoms with Crippen LogP contribution < -0.4 is 0 Å². The van der Waals surface area contributed by atoms with E-state index >= 15 is 0 Å². The van der Waals surface area contributed by atoms with Gasteiger partial charge < -0.3 is 15.2 Å². The van der Waals surface area contributed by atoms with Gasteiger partial charge in [0.05, 0.1) is 12.3 Å². The van der Waals surface area contributed by atoms with Gasteiger partial charge in [-0.15, -0.1) is 0 Å². The van der Waals surface area contributed by atoms with E-state index in [1.54, 1.807) is 13.2 Å². The lowest BCUT2D eigenvalue weighted by Crippen LogP contribution is -2.29. The second kappa shape index (κ2) is 10.7. The normalized spacial score (nSPS) is 12.4. The lowest BCUT2D eigenvalue weighted by molar-refractivity contribution is 0.0767. The number of aryl methyl sites for hydroxylation is 2. The lowest BCUT2D eigenvalue weighted by Gasteiger charge is -2.22. The fourth-order valence-electron chi connectivity index (χ4n) is 3.85. The minimum Gasteiger partial charge on any atom is -0.411 e. The van der Waals surface area contributed by atoms with Gasteiger partial charge >= 0.3 is 0 Å². The summed E-state index contributed by atoms with van der Waals surface area (Å²) in [6.45, 7) is 4.18. The van der Waals surface area contributed by atoms with E-state index < -0.39 is 0 Å². The molecule has 166 valence electrons. The number of carbonyl (C=O) groups is 1. The number of rotatable bonds is 8. The third kappa shape index (κ3) is 5.39. The topological polar surface area (TPSA) is 86.0 Å². The molecule has 0 saturated heterocycles. The summed E-state index contributed by atoms with van der Waals surface area (Å²) in [5, 5.41) is 22.5. The van der Waals surface area contributed by atoms with Crippen LogP contribution in [0, 0.1) is 13.8 Å². The van der Waals surface area contributed by atoms with Crippen molar-refractivity contribution >= 4 is 11.6 Å². The van der Waals surface area contributed by atoms with Crippen molar-refractivity contribution < 1.29 is 15.1 Å². The average molecular weight is 432 g/mol. The van der Waals surface area contributed by atoms with Crippen LogP contribution in [0.2, 0.25) is 0 Å². The first-order valence-corrected chi connectivity index (χ1v) is 10.6. The molecule has 1 amide bonds. The average Bonchev–Trinajstić information content (AvgIpc) is 2.80. The minimum absolute atomic E-state index is 0.0603. The Labute approximate surface area is 188 Å². The van der Waals surface area contributed by atoms with Crippen molar-refractivity contribution in [2.24, 2.45) is 5.16 Å². The highest BCUT2D eigenvalue weighted by Crippen LogP contribution is 2.32. The number of aromatic nitrogens is 1. The maximum absolute atomic E-state index is 12.5. The van der Waals surface area contributed by atoms with Gasteiger partial charge in [-0.3, -0.25) is 9.78 Å². The Morgan fingerprint density at radius 3 is 2.41 bits per heavy atom. The number of aliphatic hydroxyl groups excluding tert-OH is 1. The molecule has 0 aliphatic rings. The first kappa shape index (κ1) is 23.2. The van der Waals surface area contributed by atoms with Gasteiger partial charge in [0.15, 0.2) is 0 Å². The summed E-state index contributed by atoms with van der Waals surface area (Å²) in [4.78, 5) is 18.3. The van der Waals surface area contributed by atoms with E-state index in [9.17, 15) is 10.0 Å². The van der Waals surface area contributed by atoms with Crippen LogP contribution in [0.15, 0.2) is 72.0 Å². The van der Waals surface area contributed by atoms with E-state index in [0.717, 1.165) is 27.9 Å². The number of hydrogen-bond acceptors (Lipinski definition) is 5. The molecule has 1 unspecified atom stereocenters. The zero-order chi connectivity index (χ0) is 23.1. The molecule has 1 atom stereocenters. The maximum Gasteiger partial charge on any atom is 0.253 e. The van der Waals surface area contributed by atoms with E-state index in [1.165, 1.54) is 4.90 Å². The summed E-state index contributed by atoms with van der Waals surface area (Å²) in [6.07, 6.45) is 2.20. The van der Waals surface area contributed by atoms with Gasteiger partial charge in [-0.25, -0.2) is 0 Å². The Morgan fingerprint density at radius 2 is 1.78 bits per heavy atom. The third-order valence-electron chi connectivity index (χ3n) is 5.65. The van der Waals surface area contributed by atoms with Crippen molar-refractivity contribution in [3.63, 3.8) is 0 Å². The van der Waals surface area contributed by atoms with Crippen LogP contribution in [-0.4, -0.2) is 52.0 Å². The summed E-state index contributed by atoms with van der Waals surface area (Å²) in [6, 6.07) is 19.4. The molecule has 0 saturated carbocycles. The van der Waals surface area contributed by atoms with Gasteiger partial charge in [-0.2, -0.15) is 0 Å². The number of oxime groups is 1. The fourth-order valence-corrected chi connectivity index (χ4v) is 3.85. The summed E-state index contributed by atoms with van der Waals surface area (Å²) in [5.41, 5.74) is 6.12. The molecule has 32 heavy (non-hydrogen) atoms. The van der Waals surface area contributed by atoms with Crippen molar-refractivity contribution in [1.82, 2.24) is 9.88 Å². The minimum atomic E-state index is -0.136. The van der Waals surface area contributed by atoms with Crippen LogP contribution >= 0.6 is 0 Å². The molecule has 0 aliphatic heterocycles. The van der Waals surface area contributed by atoms with Gasteiger partial charge in [-0.05, 0) is 54.8 Å². The quantitative estimate of drug-likeness (QED) is 0.319. The van der Waals surface area contributed by atoms with E-state index in [2.05, 4.69) is 29.2 Å². The molecule has 0 spiro atoms. The summed E-state index contributed by atoms with van der Waals surface area (Å²) in [7, 11) is 1.67. The molecule has 6 nitrogen and oxygen atoms in total. The van der Waals surface area contributed by atoms with Gasteiger partial charge in [0.2, 0.25) is 0 Å². The standard InChI is InChI=1S/C26H29N3O3/c1-18-6-4-5-7-23(18)24(17-25(28-32)22-12-13-27-19(2)16-22)20-8-10-21(11-9-20)26(31)29(3)14-15-30/h4-13,16,24,30,32H,14-15,17H2,1-3H3/b28-25-. The molecule has 2 aromatic carbocycles. The number of hydrogen-bond donors (Lipinski definition) is 2. The van der Waals surface area contributed by atoms with Crippen LogP contribution in [0.4, 0.5) is 0 Å². The number of likely N-dealkylation sites (N-methyl/N-ethyl adjacent to an activating group) is 1. The van der Waals surface area contributed by atoms with Crippen molar-refractivity contribution in [3.8, 4) is 0 Å². The number of amides is 1. The Hall–Kier alpha value is -3.51. The second-order valence-corrected chi connectivity index (χ2v) is 7.92. The predicted molar refractivity (Wildman–Crippen MR) is 125 cm³/mol. The third-order valence-corrected chi connectivity index (χ3v) is 5.65. The highest BCUT2D eigenvalue weighted by Gasteiger charge is 2.21. The first-order chi connectivity index (χ1) is 15.4. The Balaban J connectivity index is 1.97. The molecule has 1 heterocycles. The van der Waals surface area contributed by atoms with Crippen molar-refractivity contribution in [3.05, 3.63) is 100 Å². The molecule has 0 radical (unpaired) electrons. The van der Waals surface area contributed by atoms with E-state index in [1.807, 2.05) is 55.5 Å². The molecule has 3 aromatic rings. The molecule has 6 heteroatoms. The molecule has 0 bridgehead atoms. The van der Waals surface area contributed by atoms with Crippen molar-refractivity contribution in [1.29, 1.82) is 0 Å². The highest BCUT2D eigenvalue weighted by molar-refractivity contribution is 6.01. The molecule has 2 N–H and O–H groups in total. The molecule has 3 rings (SSSR count). The number of pyridine rings is 1. The largest absolute Gasteiger partial charge is 0.411 e. The summed E-state index contributed by atoms with van der Waals surface area (Å²) in [5.74, 6) is -0.196. The lowest BCUT2D eigenvalue weighted by atomic mass is 9.83. The fraction of sp³-hybridized carbons (Fsp3) is 0.269. The number of benzene rings is 2. The highest BCUT2D eigenvalue weighted by atomic mass is 16.4. The Bertz CT molecular complexity index is 1090. The number of nitrogens with zero attached hydrogens (tertiary/aromatic N) is 3. The van der Waals surface area contributed by atoms with Crippen LogP contribution in [0.1, 0.15) is 50.6 Å². The molecule has 0 aliphatic carbocycles. The zero-order valence-corrected chi connectivity index (χ0v) is 18.7. The van der Waals surface area contributed by atoms with Crippen LogP contribution in [0.25, 0.3) is 0 Å². The van der Waals surface area contributed by atoms with Crippen molar-refractivity contribution in [2.75, 3.05) is 20.2 Å². The smallest absolute Gasteiger partial charge is 0.253 e. The van der Waals surface area contributed by atoms with Crippen LogP contribution in [0.5, 0.6) is 0 Å². The number of aliphatic hydroxyl groups is 1. The van der Waals surface area contributed by atoms with Gasteiger partial charge in [0, 0.05) is 48.9 Å². The maximum atomic E-state index is 12.5. The molecular formula is C26H29N3O3. The molecule has 1 aromatic heterocycles. The van der Waals surface area contributed by atoms with Crippen molar-refractivity contribution in [2.45, 2.75) is 26.2 Å². The van der Waals surface area contributed by atoms with Crippen LogP contribution in [0.3, 0.4) is 0 Å². The predicted octanol–water partition coefficient (Wildman–Crippen LogP) is 4.16. The SMILES string of the molecule is Cc1cc(/C(CC(c2ccc(C(=O)N(C)CCO)cc2)c2ccccc2C)=N\O)ccn1. The van der Waals surface area contributed by atoms with E-state index in [0.29, 0.717) is 17.7 Å². The Kier molecular flexibility index (Phi) is 7.73. The molecule has 0 fully saturated rings. The number of carbonyl (C=O) groups excluding carboxylic acids is 1. The van der Waals surface area contributed by atoms with Gasteiger partial charge in [-0.1, -0.05) is 41.6 Å². The first-order valence-electron chi connectivity index (χ1n) is 10.6.